The molecule has 0 saturated heterocycles. The Balaban J connectivity index is 1.71. The van der Waals surface area contributed by atoms with Crippen LogP contribution in [0.4, 0.5) is 4.39 Å². The van der Waals surface area contributed by atoms with Gasteiger partial charge >= 0.3 is 0 Å². The van der Waals surface area contributed by atoms with Crippen LogP contribution >= 0.6 is 0 Å². The molecule has 2 aromatic heterocycles. The molecule has 3 rings (SSSR count). The summed E-state index contributed by atoms with van der Waals surface area (Å²) in [5, 5.41) is 8.92. The van der Waals surface area contributed by atoms with Gasteiger partial charge < -0.3 is 5.32 Å². The SMILES string of the molecule is Cc1nccc(-c2cc(C(=O)NCCc3ccc(F)cc3)c(=O)[nH]n2)n1. The highest BCUT2D eigenvalue weighted by molar-refractivity contribution is 5.94. The summed E-state index contributed by atoms with van der Waals surface area (Å²) in [6.07, 6.45) is 2.10. The first-order valence-electron chi connectivity index (χ1n) is 7.95. The number of hydrogen-bond acceptors (Lipinski definition) is 5. The summed E-state index contributed by atoms with van der Waals surface area (Å²) in [4.78, 5) is 32.5. The molecule has 0 unspecified atom stereocenters. The van der Waals surface area contributed by atoms with E-state index < -0.39 is 11.5 Å². The first kappa shape index (κ1) is 17.4. The molecule has 2 heterocycles. The van der Waals surface area contributed by atoms with Crippen LogP contribution in [0.2, 0.25) is 0 Å². The lowest BCUT2D eigenvalue weighted by Gasteiger charge is -2.06. The predicted molar refractivity (Wildman–Crippen MR) is 93.1 cm³/mol. The zero-order valence-electron chi connectivity index (χ0n) is 14.0. The van der Waals surface area contributed by atoms with Crippen molar-refractivity contribution in [3.63, 3.8) is 0 Å². The summed E-state index contributed by atoms with van der Waals surface area (Å²) in [5.74, 6) is -0.266. The third-order valence-electron chi connectivity index (χ3n) is 3.70. The van der Waals surface area contributed by atoms with Gasteiger partial charge in [0.2, 0.25) is 0 Å². The number of H-pyrrole nitrogens is 1. The van der Waals surface area contributed by atoms with Gasteiger partial charge in [0.15, 0.2) is 0 Å². The fourth-order valence-corrected chi connectivity index (χ4v) is 2.37. The highest BCUT2D eigenvalue weighted by atomic mass is 19.1. The highest BCUT2D eigenvalue weighted by Gasteiger charge is 2.13. The lowest BCUT2D eigenvalue weighted by molar-refractivity contribution is 0.0952. The van der Waals surface area contributed by atoms with E-state index in [9.17, 15) is 14.0 Å². The number of nitrogens with zero attached hydrogens (tertiary/aromatic N) is 3. The van der Waals surface area contributed by atoms with Crippen molar-refractivity contribution in [2.75, 3.05) is 6.54 Å². The first-order valence-corrected chi connectivity index (χ1v) is 7.95. The second-order valence-electron chi connectivity index (χ2n) is 5.62. The van der Waals surface area contributed by atoms with Crippen LogP contribution in [-0.4, -0.2) is 32.6 Å². The summed E-state index contributed by atoms with van der Waals surface area (Å²) in [6, 6.07) is 9.06. The number of rotatable bonds is 5. The van der Waals surface area contributed by atoms with Gasteiger partial charge in [-0.2, -0.15) is 5.10 Å². The molecule has 0 aliphatic rings. The highest BCUT2D eigenvalue weighted by Crippen LogP contribution is 2.12. The van der Waals surface area contributed by atoms with E-state index in [1.54, 1.807) is 31.3 Å². The van der Waals surface area contributed by atoms with E-state index in [0.717, 1.165) is 5.56 Å². The molecule has 7 nitrogen and oxygen atoms in total. The molecule has 0 spiro atoms. The quantitative estimate of drug-likeness (QED) is 0.726. The zero-order chi connectivity index (χ0) is 18.5. The molecule has 0 atom stereocenters. The zero-order valence-corrected chi connectivity index (χ0v) is 14.0. The summed E-state index contributed by atoms with van der Waals surface area (Å²) >= 11 is 0. The van der Waals surface area contributed by atoms with Crippen molar-refractivity contribution in [2.24, 2.45) is 0 Å². The van der Waals surface area contributed by atoms with Crippen molar-refractivity contribution in [1.29, 1.82) is 0 Å². The van der Waals surface area contributed by atoms with Gasteiger partial charge in [-0.3, -0.25) is 9.59 Å². The maximum atomic E-state index is 12.9. The van der Waals surface area contributed by atoms with E-state index in [2.05, 4.69) is 25.5 Å². The minimum Gasteiger partial charge on any atom is -0.352 e. The summed E-state index contributed by atoms with van der Waals surface area (Å²) in [7, 11) is 0. The number of aryl methyl sites for hydroxylation is 1. The molecule has 1 aromatic carbocycles. The smallest absolute Gasteiger partial charge is 0.277 e. The van der Waals surface area contributed by atoms with Crippen LogP contribution in [0.5, 0.6) is 0 Å². The number of amides is 1. The number of carbonyl (C=O) groups is 1. The number of carbonyl (C=O) groups excluding carboxylic acids is 1. The molecule has 1 amide bonds. The van der Waals surface area contributed by atoms with E-state index in [4.69, 9.17) is 0 Å². The molecule has 26 heavy (non-hydrogen) atoms. The number of hydrogen-bond donors (Lipinski definition) is 2. The molecule has 0 bridgehead atoms. The van der Waals surface area contributed by atoms with Gasteiger partial charge in [-0.25, -0.2) is 19.5 Å². The normalized spacial score (nSPS) is 10.5. The Morgan fingerprint density at radius 3 is 2.69 bits per heavy atom. The van der Waals surface area contributed by atoms with Gasteiger partial charge in [-0.05, 0) is 43.2 Å². The molecular weight excluding hydrogens is 337 g/mol. The predicted octanol–water partition coefficient (Wildman–Crippen LogP) is 1.65. The van der Waals surface area contributed by atoms with E-state index in [0.29, 0.717) is 30.2 Å². The van der Waals surface area contributed by atoms with Gasteiger partial charge in [0.1, 0.15) is 22.9 Å². The van der Waals surface area contributed by atoms with Crippen molar-refractivity contribution >= 4 is 5.91 Å². The van der Waals surface area contributed by atoms with Crippen LogP contribution in [0.3, 0.4) is 0 Å². The second kappa shape index (κ2) is 7.64. The minimum absolute atomic E-state index is 0.0506. The van der Waals surface area contributed by atoms with Crippen LogP contribution < -0.4 is 10.9 Å². The second-order valence-corrected chi connectivity index (χ2v) is 5.62. The Bertz CT molecular complexity index is 985. The number of nitrogens with one attached hydrogen (secondary N) is 2. The van der Waals surface area contributed by atoms with Gasteiger partial charge in [-0.15, -0.1) is 0 Å². The largest absolute Gasteiger partial charge is 0.352 e. The molecule has 132 valence electrons. The van der Waals surface area contributed by atoms with Crippen molar-refractivity contribution in [3.05, 3.63) is 75.7 Å². The van der Waals surface area contributed by atoms with Crippen LogP contribution in [0, 0.1) is 12.7 Å². The van der Waals surface area contributed by atoms with Crippen molar-refractivity contribution in [2.45, 2.75) is 13.3 Å². The summed E-state index contributed by atoms with van der Waals surface area (Å²) in [5.41, 5.74) is 1.13. The third kappa shape index (κ3) is 4.15. The average Bonchev–Trinajstić information content (AvgIpc) is 2.63. The van der Waals surface area contributed by atoms with Crippen LogP contribution in [0.25, 0.3) is 11.4 Å². The minimum atomic E-state index is -0.584. The average molecular weight is 353 g/mol. The molecule has 0 saturated carbocycles. The Morgan fingerprint density at radius 2 is 1.96 bits per heavy atom. The summed E-state index contributed by atoms with van der Waals surface area (Å²) in [6.45, 7) is 2.05. The van der Waals surface area contributed by atoms with Gasteiger partial charge in [-0.1, -0.05) is 12.1 Å². The molecular formula is C18H16FN5O2. The standard InChI is InChI=1S/C18H16FN5O2/c1-11-20-9-7-15(22-11)16-10-14(18(26)24-23-16)17(25)21-8-6-12-2-4-13(19)5-3-12/h2-5,7,9-10H,6,8H2,1H3,(H,21,25)(H,24,26). The van der Waals surface area contributed by atoms with Crippen molar-refractivity contribution in [1.82, 2.24) is 25.5 Å². The van der Waals surface area contributed by atoms with Gasteiger partial charge in [0, 0.05) is 12.7 Å². The molecule has 0 radical (unpaired) electrons. The number of benzene rings is 1. The maximum absolute atomic E-state index is 12.9. The van der Waals surface area contributed by atoms with E-state index >= 15 is 0 Å². The Hall–Kier alpha value is -3.42. The molecule has 2 N–H and O–H groups in total. The van der Waals surface area contributed by atoms with E-state index in [1.807, 2.05) is 0 Å². The fraction of sp³-hybridized carbons (Fsp3) is 0.167. The maximum Gasteiger partial charge on any atom is 0.277 e. The van der Waals surface area contributed by atoms with Gasteiger partial charge in [0.25, 0.3) is 11.5 Å². The van der Waals surface area contributed by atoms with E-state index in [1.165, 1.54) is 18.2 Å². The monoisotopic (exact) mass is 353 g/mol. The lowest BCUT2D eigenvalue weighted by Crippen LogP contribution is -2.31. The Morgan fingerprint density at radius 1 is 1.19 bits per heavy atom. The van der Waals surface area contributed by atoms with Gasteiger partial charge in [0.05, 0.1) is 5.69 Å². The molecule has 0 aliphatic carbocycles. The van der Waals surface area contributed by atoms with Crippen LogP contribution in [-0.2, 0) is 6.42 Å². The molecule has 3 aromatic rings. The lowest BCUT2D eigenvalue weighted by atomic mass is 10.1. The first-order chi connectivity index (χ1) is 12.5. The van der Waals surface area contributed by atoms with Crippen molar-refractivity contribution < 1.29 is 9.18 Å². The molecule has 0 fully saturated rings. The molecule has 8 heteroatoms. The van der Waals surface area contributed by atoms with Crippen molar-refractivity contribution in [3.8, 4) is 11.4 Å². The number of aromatic nitrogens is 4. The fourth-order valence-electron chi connectivity index (χ4n) is 2.37. The number of halogens is 1. The van der Waals surface area contributed by atoms with Crippen LogP contribution in [0.1, 0.15) is 21.7 Å². The van der Waals surface area contributed by atoms with E-state index in [-0.39, 0.29) is 11.4 Å². The Labute approximate surface area is 148 Å². The van der Waals surface area contributed by atoms with Crippen LogP contribution in [0.15, 0.2) is 47.4 Å². The number of aromatic amines is 1. The Kier molecular flexibility index (Phi) is 5.12. The molecule has 0 aliphatic heterocycles. The summed E-state index contributed by atoms with van der Waals surface area (Å²) < 4.78 is 12.9. The topological polar surface area (TPSA) is 101 Å². The third-order valence-corrected chi connectivity index (χ3v) is 3.70.